The quantitative estimate of drug-likeness (QED) is 0.492. The molecule has 31 heavy (non-hydrogen) atoms. The van der Waals surface area contributed by atoms with Crippen LogP contribution >= 0.6 is 0 Å². The number of carbonyl (C=O) groups excluding carboxylic acids is 2. The van der Waals surface area contributed by atoms with Crippen LogP contribution in [0.15, 0.2) is 78.9 Å². The minimum atomic E-state index is -0.630. The molecule has 0 spiro atoms. The largest absolute Gasteiger partial charge is 0.444 e. The lowest BCUT2D eigenvalue weighted by Crippen LogP contribution is -2.18. The van der Waals surface area contributed by atoms with Gasteiger partial charge < -0.3 is 15.2 Å². The molecule has 0 aliphatic rings. The molecule has 0 aromatic heterocycles. The van der Waals surface area contributed by atoms with Gasteiger partial charge in [-0.05, 0) is 41.8 Å². The summed E-state index contributed by atoms with van der Waals surface area (Å²) in [4.78, 5) is 24.5. The van der Waals surface area contributed by atoms with Crippen molar-refractivity contribution in [3.8, 4) is 0 Å². The van der Waals surface area contributed by atoms with Crippen molar-refractivity contribution < 1.29 is 19.1 Å². The molecular formula is C24H25N3O4. The lowest BCUT2D eigenvalue weighted by Gasteiger charge is -2.14. The second kappa shape index (κ2) is 11.4. The number of hydrogen-bond donors (Lipinski definition) is 3. The summed E-state index contributed by atoms with van der Waals surface area (Å²) in [5.74, 6) is 0. The van der Waals surface area contributed by atoms with Crippen LogP contribution in [-0.4, -0.2) is 18.7 Å². The third-order valence-electron chi connectivity index (χ3n) is 4.42. The Hall–Kier alpha value is -3.84. The molecule has 0 saturated carbocycles. The van der Waals surface area contributed by atoms with Crippen LogP contribution in [0.1, 0.15) is 16.7 Å². The standard InChI is InChI=1S/C24H25N3O4/c25-14-13-18-11-12-21(26-23(28)30-16-19-7-3-1-4-8-19)22(15-18)27-24(29)31-17-20-9-5-2-6-10-20/h1-12,15H,13-14,16-17,25H2,(H,26,28)(H,27,29). The van der Waals surface area contributed by atoms with E-state index in [1.807, 2.05) is 66.7 Å². The molecule has 4 N–H and O–H groups in total. The van der Waals surface area contributed by atoms with Crippen molar-refractivity contribution in [1.29, 1.82) is 0 Å². The van der Waals surface area contributed by atoms with Gasteiger partial charge in [0.05, 0.1) is 11.4 Å². The first kappa shape index (κ1) is 21.9. The maximum atomic E-state index is 12.3. The summed E-state index contributed by atoms with van der Waals surface area (Å²) in [6.07, 6.45) is -0.627. The molecule has 3 rings (SSSR count). The average Bonchev–Trinajstić information content (AvgIpc) is 2.80. The lowest BCUT2D eigenvalue weighted by molar-refractivity contribution is 0.154. The van der Waals surface area contributed by atoms with Gasteiger partial charge in [0.2, 0.25) is 0 Å². The number of nitrogens with one attached hydrogen (secondary N) is 2. The van der Waals surface area contributed by atoms with Gasteiger partial charge in [0.25, 0.3) is 0 Å². The van der Waals surface area contributed by atoms with Gasteiger partial charge in [-0.25, -0.2) is 9.59 Å². The molecule has 7 heteroatoms. The average molecular weight is 419 g/mol. The summed E-state index contributed by atoms with van der Waals surface area (Å²) in [6.45, 7) is 0.737. The fourth-order valence-electron chi connectivity index (χ4n) is 2.86. The number of benzene rings is 3. The zero-order valence-electron chi connectivity index (χ0n) is 17.0. The highest BCUT2D eigenvalue weighted by Crippen LogP contribution is 2.24. The van der Waals surface area contributed by atoms with Crippen molar-refractivity contribution >= 4 is 23.6 Å². The van der Waals surface area contributed by atoms with Crippen LogP contribution in [-0.2, 0) is 29.1 Å². The highest BCUT2D eigenvalue weighted by Gasteiger charge is 2.13. The molecule has 0 atom stereocenters. The van der Waals surface area contributed by atoms with Gasteiger partial charge in [-0.3, -0.25) is 10.6 Å². The number of hydrogen-bond acceptors (Lipinski definition) is 5. The van der Waals surface area contributed by atoms with Gasteiger partial charge in [0.1, 0.15) is 13.2 Å². The molecule has 3 aromatic carbocycles. The molecule has 0 aliphatic carbocycles. The highest BCUT2D eigenvalue weighted by atomic mass is 16.6. The minimum Gasteiger partial charge on any atom is -0.444 e. The number of anilines is 2. The lowest BCUT2D eigenvalue weighted by atomic mass is 10.1. The molecular weight excluding hydrogens is 394 g/mol. The van der Waals surface area contributed by atoms with Crippen LogP contribution in [0.2, 0.25) is 0 Å². The van der Waals surface area contributed by atoms with E-state index >= 15 is 0 Å². The van der Waals surface area contributed by atoms with Gasteiger partial charge in [-0.2, -0.15) is 0 Å². The summed E-state index contributed by atoms with van der Waals surface area (Å²) in [7, 11) is 0. The highest BCUT2D eigenvalue weighted by molar-refractivity contribution is 5.95. The van der Waals surface area contributed by atoms with E-state index in [1.165, 1.54) is 0 Å². The Morgan fingerprint density at radius 1 is 0.677 bits per heavy atom. The first-order valence-corrected chi connectivity index (χ1v) is 9.92. The first-order valence-electron chi connectivity index (χ1n) is 9.92. The Morgan fingerprint density at radius 3 is 1.71 bits per heavy atom. The normalized spacial score (nSPS) is 10.2. The van der Waals surface area contributed by atoms with Crippen LogP contribution in [0.3, 0.4) is 0 Å². The molecule has 7 nitrogen and oxygen atoms in total. The van der Waals surface area contributed by atoms with Crippen molar-refractivity contribution in [1.82, 2.24) is 0 Å². The zero-order chi connectivity index (χ0) is 21.9. The summed E-state index contributed by atoms with van der Waals surface area (Å²) < 4.78 is 10.5. The van der Waals surface area contributed by atoms with E-state index in [-0.39, 0.29) is 13.2 Å². The summed E-state index contributed by atoms with van der Waals surface area (Å²) in [5, 5.41) is 5.35. The van der Waals surface area contributed by atoms with E-state index in [9.17, 15) is 9.59 Å². The van der Waals surface area contributed by atoms with Crippen LogP contribution in [0.25, 0.3) is 0 Å². The molecule has 0 saturated heterocycles. The smallest absolute Gasteiger partial charge is 0.412 e. The van der Waals surface area contributed by atoms with E-state index in [2.05, 4.69) is 10.6 Å². The van der Waals surface area contributed by atoms with Crippen molar-refractivity contribution in [2.24, 2.45) is 5.73 Å². The molecule has 160 valence electrons. The predicted molar refractivity (Wildman–Crippen MR) is 120 cm³/mol. The van der Waals surface area contributed by atoms with Gasteiger partial charge in [-0.1, -0.05) is 66.7 Å². The molecule has 0 aliphatic heterocycles. The van der Waals surface area contributed by atoms with Crippen molar-refractivity contribution in [2.75, 3.05) is 17.2 Å². The third-order valence-corrected chi connectivity index (χ3v) is 4.42. The van der Waals surface area contributed by atoms with Gasteiger partial charge in [0.15, 0.2) is 0 Å². The fourth-order valence-corrected chi connectivity index (χ4v) is 2.86. The molecule has 0 heterocycles. The maximum absolute atomic E-state index is 12.3. The Labute approximate surface area is 181 Å². The molecule has 0 radical (unpaired) electrons. The van der Waals surface area contributed by atoms with E-state index in [1.54, 1.807) is 12.1 Å². The molecule has 2 amide bonds. The molecule has 0 unspecified atom stereocenters. The monoisotopic (exact) mass is 419 g/mol. The number of nitrogens with two attached hydrogens (primary N) is 1. The van der Waals surface area contributed by atoms with Gasteiger partial charge >= 0.3 is 12.2 Å². The van der Waals surface area contributed by atoms with Gasteiger partial charge in [0, 0.05) is 0 Å². The Morgan fingerprint density at radius 2 is 1.19 bits per heavy atom. The molecule has 0 bridgehead atoms. The third kappa shape index (κ3) is 7.17. The Kier molecular flexibility index (Phi) is 8.02. The zero-order valence-corrected chi connectivity index (χ0v) is 17.0. The summed E-state index contributed by atoms with van der Waals surface area (Å²) >= 11 is 0. The summed E-state index contributed by atoms with van der Waals surface area (Å²) in [5.41, 5.74) is 9.10. The topological polar surface area (TPSA) is 103 Å². The number of carbonyl (C=O) groups is 2. The van der Waals surface area contributed by atoms with Crippen LogP contribution < -0.4 is 16.4 Å². The van der Waals surface area contributed by atoms with E-state index in [0.717, 1.165) is 16.7 Å². The van der Waals surface area contributed by atoms with Crippen molar-refractivity contribution in [3.05, 3.63) is 95.6 Å². The van der Waals surface area contributed by atoms with Crippen LogP contribution in [0.4, 0.5) is 21.0 Å². The molecule has 3 aromatic rings. The second-order valence-electron chi connectivity index (χ2n) is 6.79. The van der Waals surface area contributed by atoms with E-state index in [4.69, 9.17) is 15.2 Å². The minimum absolute atomic E-state index is 0.136. The Bertz CT molecular complexity index is 994. The number of amides is 2. The maximum Gasteiger partial charge on any atom is 0.412 e. The first-order chi connectivity index (χ1) is 15.1. The van der Waals surface area contributed by atoms with Crippen LogP contribution in [0.5, 0.6) is 0 Å². The number of rotatable bonds is 8. The van der Waals surface area contributed by atoms with Crippen LogP contribution in [0, 0.1) is 0 Å². The number of ether oxygens (including phenoxy) is 2. The molecule has 0 fully saturated rings. The van der Waals surface area contributed by atoms with E-state index in [0.29, 0.717) is 24.3 Å². The van der Waals surface area contributed by atoms with Crippen molar-refractivity contribution in [2.45, 2.75) is 19.6 Å². The SMILES string of the molecule is NCCc1ccc(NC(=O)OCc2ccccc2)c(NC(=O)OCc2ccccc2)c1. The van der Waals surface area contributed by atoms with Gasteiger partial charge in [-0.15, -0.1) is 0 Å². The van der Waals surface area contributed by atoms with E-state index < -0.39 is 12.2 Å². The summed E-state index contributed by atoms with van der Waals surface area (Å²) in [6, 6.07) is 24.0. The van der Waals surface area contributed by atoms with Crippen molar-refractivity contribution in [3.63, 3.8) is 0 Å². The Balaban J connectivity index is 1.63. The second-order valence-corrected chi connectivity index (χ2v) is 6.79. The fraction of sp³-hybridized carbons (Fsp3) is 0.167. The predicted octanol–water partition coefficient (Wildman–Crippen LogP) is 4.69.